The Morgan fingerprint density at radius 2 is 2.08 bits per heavy atom. The van der Waals surface area contributed by atoms with E-state index in [2.05, 4.69) is 21.2 Å². The molecule has 0 saturated carbocycles. The first-order valence-electron chi connectivity index (χ1n) is 8.77. The number of fused-ring (bicyclic) bond motifs is 4. The summed E-state index contributed by atoms with van der Waals surface area (Å²) in [4.78, 5) is 32.0. The maximum absolute atomic E-state index is 12.7. The smallest absolute Gasteiger partial charge is 0.236 e. The van der Waals surface area contributed by atoms with E-state index in [0.717, 1.165) is 32.5 Å². The molecular formula is C18H27N3O2S. The summed E-state index contributed by atoms with van der Waals surface area (Å²) < 4.78 is 0. The van der Waals surface area contributed by atoms with Crippen LogP contribution in [0.1, 0.15) is 24.1 Å². The highest BCUT2D eigenvalue weighted by atomic mass is 32.1. The van der Waals surface area contributed by atoms with Crippen molar-refractivity contribution in [1.82, 2.24) is 14.7 Å². The van der Waals surface area contributed by atoms with E-state index < -0.39 is 0 Å². The third-order valence-electron chi connectivity index (χ3n) is 5.13. The van der Waals surface area contributed by atoms with Crippen molar-refractivity contribution in [2.24, 2.45) is 5.92 Å². The first-order chi connectivity index (χ1) is 11.5. The van der Waals surface area contributed by atoms with Crippen LogP contribution in [-0.4, -0.2) is 72.8 Å². The summed E-state index contributed by atoms with van der Waals surface area (Å²) in [6, 6.07) is 4.41. The van der Waals surface area contributed by atoms with Crippen molar-refractivity contribution < 1.29 is 9.59 Å². The van der Waals surface area contributed by atoms with Crippen LogP contribution in [0.2, 0.25) is 0 Å². The molecule has 5 nitrogen and oxygen atoms in total. The molecule has 0 unspecified atom stereocenters. The lowest BCUT2D eigenvalue weighted by atomic mass is 9.94. The Morgan fingerprint density at radius 3 is 2.79 bits per heavy atom. The number of thiophene rings is 1. The van der Waals surface area contributed by atoms with E-state index in [-0.39, 0.29) is 17.9 Å². The molecule has 2 atom stereocenters. The molecule has 0 aliphatic carbocycles. The molecule has 24 heavy (non-hydrogen) atoms. The fourth-order valence-corrected chi connectivity index (χ4v) is 4.48. The number of rotatable bonds is 5. The number of carbonyl (C=O) groups excluding carboxylic acids is 2. The van der Waals surface area contributed by atoms with Gasteiger partial charge < -0.3 is 9.80 Å². The van der Waals surface area contributed by atoms with Crippen molar-refractivity contribution in [2.75, 3.05) is 40.3 Å². The van der Waals surface area contributed by atoms with E-state index in [9.17, 15) is 9.59 Å². The highest BCUT2D eigenvalue weighted by Gasteiger charge is 2.37. The number of hydrogen-bond donors (Lipinski definition) is 0. The Hall–Kier alpha value is -1.40. The van der Waals surface area contributed by atoms with Gasteiger partial charge in [0.25, 0.3) is 0 Å². The van der Waals surface area contributed by atoms with Gasteiger partial charge in [0.05, 0.1) is 6.54 Å². The summed E-state index contributed by atoms with van der Waals surface area (Å²) in [6.07, 6.45) is 3.68. The zero-order valence-corrected chi connectivity index (χ0v) is 15.4. The van der Waals surface area contributed by atoms with Crippen molar-refractivity contribution >= 4 is 23.2 Å². The van der Waals surface area contributed by atoms with Crippen molar-refractivity contribution in [3.63, 3.8) is 0 Å². The second kappa shape index (κ2) is 7.66. The van der Waals surface area contributed by atoms with Crippen LogP contribution in [0.4, 0.5) is 0 Å². The number of piperidine rings is 1. The van der Waals surface area contributed by atoms with Gasteiger partial charge >= 0.3 is 0 Å². The third kappa shape index (κ3) is 4.16. The van der Waals surface area contributed by atoms with Crippen LogP contribution < -0.4 is 0 Å². The Bertz CT molecular complexity index is 573. The number of likely N-dealkylation sites (N-methyl/N-ethyl adjacent to an activating group) is 1. The maximum Gasteiger partial charge on any atom is 0.236 e. The summed E-state index contributed by atoms with van der Waals surface area (Å²) in [7, 11) is 3.60. The van der Waals surface area contributed by atoms with Gasteiger partial charge in [-0.05, 0) is 36.6 Å². The number of amides is 2. The van der Waals surface area contributed by atoms with E-state index >= 15 is 0 Å². The second-order valence-electron chi connectivity index (χ2n) is 7.20. The molecule has 132 valence electrons. The van der Waals surface area contributed by atoms with Crippen molar-refractivity contribution in [2.45, 2.75) is 31.7 Å². The average Bonchev–Trinajstić information content (AvgIpc) is 2.93. The first kappa shape index (κ1) is 17.4. The van der Waals surface area contributed by atoms with Gasteiger partial charge in [-0.25, -0.2) is 0 Å². The third-order valence-corrected chi connectivity index (χ3v) is 6.07. The standard InChI is InChI=1S/C18H27N3O2S/c1-19(2)18(23)13-20-10-14-5-6-15(12-20)21(11-14)17(22)8-7-16-4-3-9-24-16/h3-4,9,14-15H,5-8,10-13H2,1-2H3/t14-,15+/m1/s1. The number of hydrogen-bond acceptors (Lipinski definition) is 4. The van der Waals surface area contributed by atoms with Crippen LogP contribution in [0.25, 0.3) is 0 Å². The van der Waals surface area contributed by atoms with Gasteiger partial charge in [0.1, 0.15) is 0 Å². The SMILES string of the molecule is CN(C)C(=O)CN1C[C@H]2CC[C@@H](C1)N(C(=O)CCc1cccs1)C2. The van der Waals surface area contributed by atoms with Gasteiger partial charge in [0.15, 0.2) is 0 Å². The maximum atomic E-state index is 12.7. The molecule has 4 rings (SSSR count). The molecule has 4 heterocycles. The fraction of sp³-hybridized carbons (Fsp3) is 0.667. The van der Waals surface area contributed by atoms with E-state index in [4.69, 9.17) is 0 Å². The summed E-state index contributed by atoms with van der Waals surface area (Å²) in [6.45, 7) is 3.10. The minimum absolute atomic E-state index is 0.145. The molecule has 0 spiro atoms. The number of aryl methyl sites for hydroxylation is 1. The first-order valence-corrected chi connectivity index (χ1v) is 9.65. The minimum Gasteiger partial charge on any atom is -0.348 e. The topological polar surface area (TPSA) is 43.9 Å². The Labute approximate surface area is 148 Å². The molecule has 3 aliphatic heterocycles. The van der Waals surface area contributed by atoms with Crippen LogP contribution in [0.15, 0.2) is 17.5 Å². The van der Waals surface area contributed by atoms with E-state index in [1.54, 1.807) is 30.3 Å². The average molecular weight is 350 g/mol. The fourth-order valence-electron chi connectivity index (χ4n) is 3.77. The molecule has 0 N–H and O–H groups in total. The molecule has 0 aromatic carbocycles. The Morgan fingerprint density at radius 1 is 1.25 bits per heavy atom. The zero-order valence-electron chi connectivity index (χ0n) is 14.6. The molecule has 3 aliphatic rings. The summed E-state index contributed by atoms with van der Waals surface area (Å²) >= 11 is 1.72. The number of nitrogens with zero attached hydrogens (tertiary/aromatic N) is 3. The molecule has 2 bridgehead atoms. The lowest BCUT2D eigenvalue weighted by molar-refractivity contribution is -0.135. The van der Waals surface area contributed by atoms with Crippen molar-refractivity contribution in [3.05, 3.63) is 22.4 Å². The summed E-state index contributed by atoms with van der Waals surface area (Å²) in [5.74, 6) is 0.926. The highest BCUT2D eigenvalue weighted by molar-refractivity contribution is 7.09. The lowest BCUT2D eigenvalue weighted by Gasteiger charge is -2.36. The van der Waals surface area contributed by atoms with E-state index in [1.165, 1.54) is 11.3 Å². The predicted octanol–water partition coefficient (Wildman–Crippen LogP) is 1.69. The zero-order chi connectivity index (χ0) is 17.1. The van der Waals surface area contributed by atoms with Crippen LogP contribution in [0.3, 0.4) is 0 Å². The second-order valence-corrected chi connectivity index (χ2v) is 8.24. The highest BCUT2D eigenvalue weighted by Crippen LogP contribution is 2.28. The molecular weight excluding hydrogens is 322 g/mol. The largest absolute Gasteiger partial charge is 0.348 e. The molecule has 0 radical (unpaired) electrons. The normalized spacial score (nSPS) is 24.0. The van der Waals surface area contributed by atoms with Crippen molar-refractivity contribution in [3.8, 4) is 0 Å². The van der Waals surface area contributed by atoms with Crippen LogP contribution in [0, 0.1) is 5.92 Å². The van der Waals surface area contributed by atoms with Gasteiger partial charge in [-0.3, -0.25) is 14.5 Å². The minimum atomic E-state index is 0.145. The van der Waals surface area contributed by atoms with E-state index in [1.807, 2.05) is 6.07 Å². The van der Waals surface area contributed by atoms with Crippen LogP contribution in [-0.2, 0) is 16.0 Å². The Kier molecular flexibility index (Phi) is 5.56. The van der Waals surface area contributed by atoms with Gasteiger partial charge in [0, 0.05) is 51.1 Å². The van der Waals surface area contributed by atoms with Crippen molar-refractivity contribution in [1.29, 1.82) is 0 Å². The molecule has 3 saturated heterocycles. The summed E-state index contributed by atoms with van der Waals surface area (Å²) in [5, 5.41) is 2.06. The van der Waals surface area contributed by atoms with Gasteiger partial charge in [-0.2, -0.15) is 0 Å². The number of carbonyl (C=O) groups is 2. The molecule has 1 aromatic heterocycles. The van der Waals surface area contributed by atoms with Crippen LogP contribution in [0.5, 0.6) is 0 Å². The molecule has 2 amide bonds. The van der Waals surface area contributed by atoms with Crippen LogP contribution >= 0.6 is 11.3 Å². The van der Waals surface area contributed by atoms with E-state index in [0.29, 0.717) is 18.9 Å². The quantitative estimate of drug-likeness (QED) is 0.813. The molecule has 6 heteroatoms. The molecule has 3 fully saturated rings. The van der Waals surface area contributed by atoms with Gasteiger partial charge in [-0.1, -0.05) is 6.07 Å². The lowest BCUT2D eigenvalue weighted by Crippen LogP contribution is -2.47. The summed E-state index contributed by atoms with van der Waals surface area (Å²) in [5.41, 5.74) is 0. The van der Waals surface area contributed by atoms with Gasteiger partial charge in [-0.15, -0.1) is 11.3 Å². The Balaban J connectivity index is 1.58. The van der Waals surface area contributed by atoms with Gasteiger partial charge in [0.2, 0.25) is 11.8 Å². The monoisotopic (exact) mass is 349 g/mol. The molecule has 1 aromatic rings. The predicted molar refractivity (Wildman–Crippen MR) is 96.0 cm³/mol.